The molecule has 4 nitrogen and oxygen atoms in total. The summed E-state index contributed by atoms with van der Waals surface area (Å²) < 4.78 is 6.39. The normalized spacial score (nSPS) is 46.6. The van der Waals surface area contributed by atoms with E-state index < -0.39 is 0 Å². The number of ether oxygens (including phenoxy) is 1. The summed E-state index contributed by atoms with van der Waals surface area (Å²) in [5, 5.41) is 0. The Balaban J connectivity index is 1.41. The van der Waals surface area contributed by atoms with Crippen LogP contribution in [0.2, 0.25) is 0 Å². The van der Waals surface area contributed by atoms with Gasteiger partial charge >= 0.3 is 0 Å². The Morgan fingerprint density at radius 3 is 2.79 bits per heavy atom. The molecule has 1 saturated heterocycles. The zero-order valence-electron chi connectivity index (χ0n) is 18.4. The van der Waals surface area contributed by atoms with Gasteiger partial charge in [0, 0.05) is 25.7 Å². The number of carbonyl (C=O) groups excluding carboxylic acids is 1. The van der Waals surface area contributed by atoms with Gasteiger partial charge in [0.15, 0.2) is 0 Å². The molecule has 5 rings (SSSR count). The second-order valence-corrected chi connectivity index (χ2v) is 11.1. The molecular weight excluding hydrogens is 360 g/mol. The molecule has 1 amide bonds. The van der Waals surface area contributed by atoms with Crippen LogP contribution in [0, 0.1) is 34.5 Å². The molecule has 0 unspecified atom stereocenters. The molecule has 0 radical (unpaired) electrons. The van der Waals surface area contributed by atoms with E-state index in [4.69, 9.17) is 4.74 Å². The van der Waals surface area contributed by atoms with E-state index >= 15 is 0 Å². The molecule has 0 spiro atoms. The zero-order valence-corrected chi connectivity index (χ0v) is 18.4. The number of likely N-dealkylation sites (tertiary alicyclic amines) is 1. The number of amides is 1. The maximum Gasteiger partial charge on any atom is 0.222 e. The van der Waals surface area contributed by atoms with E-state index in [-0.39, 0.29) is 5.41 Å². The van der Waals surface area contributed by atoms with Gasteiger partial charge in [0.1, 0.15) is 5.75 Å². The molecule has 4 aliphatic rings. The molecule has 4 fully saturated rings. The number of pyridine rings is 1. The van der Waals surface area contributed by atoms with Gasteiger partial charge in [0.25, 0.3) is 0 Å². The van der Waals surface area contributed by atoms with Crippen molar-refractivity contribution in [2.24, 2.45) is 34.5 Å². The highest BCUT2D eigenvalue weighted by Gasteiger charge is 2.62. The summed E-state index contributed by atoms with van der Waals surface area (Å²) in [5.41, 5.74) is 0.672. The molecule has 2 heterocycles. The van der Waals surface area contributed by atoms with E-state index in [1.54, 1.807) is 6.20 Å². The lowest BCUT2D eigenvalue weighted by atomic mass is 9.45. The van der Waals surface area contributed by atoms with Crippen molar-refractivity contribution in [1.29, 1.82) is 0 Å². The van der Waals surface area contributed by atoms with Crippen molar-refractivity contribution in [1.82, 2.24) is 9.88 Å². The lowest BCUT2D eigenvalue weighted by molar-refractivity contribution is -0.164. The third kappa shape index (κ3) is 2.92. The van der Waals surface area contributed by atoms with Crippen LogP contribution in [0.5, 0.6) is 5.75 Å². The molecule has 0 bridgehead atoms. The molecule has 29 heavy (non-hydrogen) atoms. The summed E-state index contributed by atoms with van der Waals surface area (Å²) in [7, 11) is 2.05. The van der Waals surface area contributed by atoms with Gasteiger partial charge in [-0.2, -0.15) is 0 Å². The minimum atomic E-state index is 0.281. The number of piperidine rings is 1. The molecule has 158 valence electrons. The van der Waals surface area contributed by atoms with Gasteiger partial charge in [-0.3, -0.25) is 9.78 Å². The lowest BCUT2D eigenvalue weighted by Crippen LogP contribution is -2.62. The second kappa shape index (κ2) is 6.72. The summed E-state index contributed by atoms with van der Waals surface area (Å²) in [4.78, 5) is 18.7. The highest BCUT2D eigenvalue weighted by atomic mass is 16.5. The predicted octanol–water partition coefficient (Wildman–Crippen LogP) is 4.94. The standard InChI is InChI=1S/C25H36N2O2/c1-16-12-21-25(3,10-8-22(28)27(21)4)19-7-9-24(2)14-18(13-20(24)23(16)19)29-17-6-5-11-26-15-17/h5-6,11,15-16,18-21,23H,7-10,12-14H2,1-4H3/t16-,18-,19-,20-,21+,23+,24+,25+/m0/s1. The number of rotatable bonds is 2. The first-order chi connectivity index (χ1) is 13.8. The molecule has 1 aromatic heterocycles. The SMILES string of the molecule is C[C@H]1C[C@H]2N(C)C(=O)CC[C@]2(C)[C@H]2CC[C@]3(C)C[C@@H](Oc4cccnc4)C[C@H]3[C@H]12. The molecule has 1 aliphatic heterocycles. The molecule has 3 saturated carbocycles. The van der Waals surface area contributed by atoms with Gasteiger partial charge < -0.3 is 9.64 Å². The highest BCUT2D eigenvalue weighted by molar-refractivity contribution is 5.77. The Kier molecular flexibility index (Phi) is 4.49. The fourth-order valence-electron chi connectivity index (χ4n) is 8.16. The average molecular weight is 397 g/mol. The van der Waals surface area contributed by atoms with Crippen LogP contribution in [0.3, 0.4) is 0 Å². The smallest absolute Gasteiger partial charge is 0.222 e. The summed E-state index contributed by atoms with van der Waals surface area (Å²) in [6.07, 6.45) is 11.9. The second-order valence-electron chi connectivity index (χ2n) is 11.1. The average Bonchev–Trinajstić information content (AvgIpc) is 3.03. The van der Waals surface area contributed by atoms with Crippen molar-refractivity contribution in [3.63, 3.8) is 0 Å². The quantitative estimate of drug-likeness (QED) is 0.711. The van der Waals surface area contributed by atoms with Gasteiger partial charge in [-0.25, -0.2) is 0 Å². The number of aromatic nitrogens is 1. The van der Waals surface area contributed by atoms with Crippen LogP contribution < -0.4 is 4.74 Å². The number of hydrogen-bond donors (Lipinski definition) is 0. The van der Waals surface area contributed by atoms with E-state index in [2.05, 4.69) is 37.7 Å². The van der Waals surface area contributed by atoms with Crippen LogP contribution in [0.25, 0.3) is 0 Å². The Hall–Kier alpha value is -1.58. The van der Waals surface area contributed by atoms with Crippen molar-refractivity contribution in [2.45, 2.75) is 77.9 Å². The van der Waals surface area contributed by atoms with Crippen LogP contribution in [0.4, 0.5) is 0 Å². The molecule has 1 aromatic rings. The third-order valence-electron chi connectivity index (χ3n) is 9.60. The van der Waals surface area contributed by atoms with Crippen LogP contribution in [-0.2, 0) is 4.79 Å². The molecule has 0 N–H and O–H groups in total. The van der Waals surface area contributed by atoms with Gasteiger partial charge in [0.2, 0.25) is 5.91 Å². The molecule has 4 heteroatoms. The summed E-state index contributed by atoms with van der Waals surface area (Å²) in [6.45, 7) is 7.49. The van der Waals surface area contributed by atoms with Gasteiger partial charge in [0.05, 0.1) is 12.3 Å². The first kappa shape index (κ1) is 19.4. The minimum Gasteiger partial charge on any atom is -0.489 e. The molecule has 3 aliphatic carbocycles. The Labute approximate surface area is 175 Å². The van der Waals surface area contributed by atoms with E-state index in [0.717, 1.165) is 36.3 Å². The lowest BCUT2D eigenvalue weighted by Gasteiger charge is -2.63. The maximum atomic E-state index is 12.4. The first-order valence-corrected chi connectivity index (χ1v) is 11.6. The van der Waals surface area contributed by atoms with E-state index in [0.29, 0.717) is 29.4 Å². The van der Waals surface area contributed by atoms with Gasteiger partial charge in [-0.05, 0) is 85.2 Å². The highest BCUT2D eigenvalue weighted by Crippen LogP contribution is 2.66. The van der Waals surface area contributed by atoms with Crippen LogP contribution in [0.15, 0.2) is 24.5 Å². The zero-order chi connectivity index (χ0) is 20.4. The van der Waals surface area contributed by atoms with Crippen molar-refractivity contribution >= 4 is 5.91 Å². The minimum absolute atomic E-state index is 0.281. The fourth-order valence-corrected chi connectivity index (χ4v) is 8.16. The van der Waals surface area contributed by atoms with Crippen molar-refractivity contribution < 1.29 is 9.53 Å². The van der Waals surface area contributed by atoms with Crippen LogP contribution in [-0.4, -0.2) is 35.0 Å². The van der Waals surface area contributed by atoms with Crippen LogP contribution in [0.1, 0.15) is 65.7 Å². The van der Waals surface area contributed by atoms with Gasteiger partial charge in [-0.1, -0.05) is 20.8 Å². The fraction of sp³-hybridized carbons (Fsp3) is 0.760. The predicted molar refractivity (Wildman–Crippen MR) is 113 cm³/mol. The summed E-state index contributed by atoms with van der Waals surface area (Å²) >= 11 is 0. The Bertz CT molecular complexity index is 782. The van der Waals surface area contributed by atoms with E-state index in [1.165, 1.54) is 32.1 Å². The van der Waals surface area contributed by atoms with E-state index in [9.17, 15) is 4.79 Å². The molecular formula is C25H36N2O2. The van der Waals surface area contributed by atoms with Crippen LogP contribution >= 0.6 is 0 Å². The van der Waals surface area contributed by atoms with E-state index in [1.807, 2.05) is 18.3 Å². The summed E-state index contributed by atoms with van der Waals surface area (Å²) in [5.74, 6) is 4.17. The van der Waals surface area contributed by atoms with Crippen molar-refractivity contribution in [3.8, 4) is 5.75 Å². The monoisotopic (exact) mass is 396 g/mol. The first-order valence-electron chi connectivity index (χ1n) is 11.6. The maximum absolute atomic E-state index is 12.4. The third-order valence-corrected chi connectivity index (χ3v) is 9.60. The van der Waals surface area contributed by atoms with Gasteiger partial charge in [-0.15, -0.1) is 0 Å². The number of nitrogens with zero attached hydrogens (tertiary/aromatic N) is 2. The largest absolute Gasteiger partial charge is 0.489 e. The van der Waals surface area contributed by atoms with Crippen molar-refractivity contribution in [3.05, 3.63) is 24.5 Å². The Morgan fingerprint density at radius 2 is 2.03 bits per heavy atom. The number of hydrogen-bond acceptors (Lipinski definition) is 3. The topological polar surface area (TPSA) is 42.4 Å². The summed E-state index contributed by atoms with van der Waals surface area (Å²) in [6, 6.07) is 4.41. The number of fused-ring (bicyclic) bond motifs is 5. The molecule has 8 atom stereocenters. The number of carbonyl (C=O) groups is 1. The molecule has 0 aromatic carbocycles. The van der Waals surface area contributed by atoms with Crippen molar-refractivity contribution in [2.75, 3.05) is 7.05 Å². The Morgan fingerprint density at radius 1 is 1.21 bits per heavy atom.